The Balaban J connectivity index is 2.50. The van der Waals surface area contributed by atoms with Crippen LogP contribution >= 0.6 is 7.82 Å². The summed E-state index contributed by atoms with van der Waals surface area (Å²) in [5.41, 5.74) is 0.345. The summed E-state index contributed by atoms with van der Waals surface area (Å²) in [4.78, 5) is 58.1. The Bertz CT molecular complexity index is 1130. The number of carbonyl (C=O) groups excluding carboxylic acids is 3. The summed E-state index contributed by atoms with van der Waals surface area (Å²) < 4.78 is 31.7. The van der Waals surface area contributed by atoms with Crippen LogP contribution in [-0.4, -0.2) is 55.2 Å². The van der Waals surface area contributed by atoms with Gasteiger partial charge >= 0.3 is 11.9 Å². The van der Waals surface area contributed by atoms with Gasteiger partial charge in [-0.25, -0.2) is 4.79 Å². The third-order valence-electron chi connectivity index (χ3n) is 9.41. The van der Waals surface area contributed by atoms with Gasteiger partial charge in [0.2, 0.25) is 0 Å². The number of nitrogens with one attached hydrogen (secondary N) is 1. The van der Waals surface area contributed by atoms with Crippen LogP contribution in [0, 0.1) is 0 Å². The molecule has 1 aromatic carbocycles. The second kappa shape index (κ2) is 33.8. The third kappa shape index (κ3) is 29.8. The van der Waals surface area contributed by atoms with Crippen LogP contribution in [0.25, 0.3) is 0 Å². The second-order valence-corrected chi connectivity index (χ2v) is 15.6. The average molecular weight is 783 g/mol. The van der Waals surface area contributed by atoms with Gasteiger partial charge < -0.3 is 33.8 Å². The van der Waals surface area contributed by atoms with Crippen molar-refractivity contribution < 1.29 is 47.5 Å². The third-order valence-corrected chi connectivity index (χ3v) is 9.92. The number of ether oxygens (including phenoxy) is 3. The van der Waals surface area contributed by atoms with Gasteiger partial charge in [0.15, 0.2) is 0 Å². The number of rotatable bonds is 37. The fourth-order valence-electron chi connectivity index (χ4n) is 6.09. The molecule has 0 aliphatic rings. The smallest absolute Gasteiger partial charge is 0.328 e. The van der Waals surface area contributed by atoms with Crippen molar-refractivity contribution in [3.63, 3.8) is 0 Å². The number of amides is 1. The minimum atomic E-state index is -4.67. The van der Waals surface area contributed by atoms with Crippen LogP contribution in [0.5, 0.6) is 5.75 Å². The first kappa shape index (κ1) is 49.6. The highest BCUT2D eigenvalue weighted by molar-refractivity contribution is 7.44. The van der Waals surface area contributed by atoms with Crippen molar-refractivity contribution >= 4 is 25.7 Å². The van der Waals surface area contributed by atoms with Crippen molar-refractivity contribution in [2.45, 2.75) is 187 Å². The molecule has 0 aliphatic carbocycles. The number of phosphoric ester groups is 1. The maximum absolute atomic E-state index is 13.2. The first-order valence-corrected chi connectivity index (χ1v) is 22.7. The molecule has 312 valence electrons. The van der Waals surface area contributed by atoms with E-state index in [-0.39, 0.29) is 32.0 Å². The van der Waals surface area contributed by atoms with Crippen molar-refractivity contribution in [3.8, 4) is 5.75 Å². The molecule has 2 unspecified atom stereocenters. The molecule has 1 aromatic rings. The summed E-state index contributed by atoms with van der Waals surface area (Å²) in [6, 6.07) is 5.61. The highest BCUT2D eigenvalue weighted by atomic mass is 31.2. The van der Waals surface area contributed by atoms with Crippen LogP contribution in [-0.2, 0) is 28.2 Å². The molecule has 0 saturated carbocycles. The number of phosphoric acid groups is 1. The van der Waals surface area contributed by atoms with Crippen LogP contribution in [0.3, 0.4) is 0 Å². The Morgan fingerprint density at radius 3 is 1.54 bits per heavy atom. The molecule has 0 heterocycles. The summed E-state index contributed by atoms with van der Waals surface area (Å²) >= 11 is 0. The Labute approximate surface area is 326 Å². The zero-order valence-corrected chi connectivity index (χ0v) is 34.6. The van der Waals surface area contributed by atoms with E-state index in [0.29, 0.717) is 30.9 Å². The number of benzene rings is 1. The predicted octanol–water partition coefficient (Wildman–Crippen LogP) is 9.91. The number of esters is 2. The number of carbonyl (C=O) groups is 3. The standard InChI is InChI=1S/C42H74NO10P/c1-3-5-7-9-11-13-15-17-19-24-34-51-40(44)32-31-39(42(46)52-35-25-20-18-16-14-12-10-8-6-4-2)43-41(45)37-27-29-38(30-28-37)50-33-23-21-22-26-36-53-54(47,48)49/h27-30,39H,3-26,31-36H2,1-2H3,(H,43,45)(H2,47,48,49)/p-1. The zero-order chi connectivity index (χ0) is 39.5. The minimum Gasteiger partial charge on any atom is -0.756 e. The Morgan fingerprint density at radius 1 is 0.630 bits per heavy atom. The monoisotopic (exact) mass is 782 g/mol. The van der Waals surface area contributed by atoms with Crippen LogP contribution in [0.4, 0.5) is 0 Å². The normalized spacial score (nSPS) is 12.9. The lowest BCUT2D eigenvalue weighted by Crippen LogP contribution is -2.42. The van der Waals surface area contributed by atoms with Gasteiger partial charge in [-0.2, -0.15) is 0 Å². The van der Waals surface area contributed by atoms with E-state index >= 15 is 0 Å². The molecule has 2 atom stereocenters. The van der Waals surface area contributed by atoms with Gasteiger partial charge in [0.1, 0.15) is 11.8 Å². The van der Waals surface area contributed by atoms with Crippen molar-refractivity contribution in [1.82, 2.24) is 5.32 Å². The molecule has 0 bridgehead atoms. The molecule has 0 aromatic heterocycles. The van der Waals surface area contributed by atoms with Crippen molar-refractivity contribution in [2.75, 3.05) is 26.4 Å². The second-order valence-electron chi connectivity index (χ2n) is 14.4. The summed E-state index contributed by atoms with van der Waals surface area (Å²) in [5, 5.41) is 2.77. The van der Waals surface area contributed by atoms with E-state index < -0.39 is 25.7 Å². The first-order chi connectivity index (χ1) is 26.2. The van der Waals surface area contributed by atoms with Gasteiger partial charge in [0.05, 0.1) is 26.4 Å². The number of hydrogen-bond donors (Lipinski definition) is 2. The van der Waals surface area contributed by atoms with E-state index in [9.17, 15) is 23.8 Å². The van der Waals surface area contributed by atoms with E-state index in [2.05, 4.69) is 23.7 Å². The zero-order valence-electron chi connectivity index (χ0n) is 33.7. The molecule has 0 saturated heterocycles. The molecule has 1 amide bonds. The summed E-state index contributed by atoms with van der Waals surface area (Å²) in [7, 11) is -4.67. The summed E-state index contributed by atoms with van der Waals surface area (Å²) in [6.45, 7) is 5.47. The van der Waals surface area contributed by atoms with Crippen LogP contribution in [0.1, 0.15) is 191 Å². The Kier molecular flexibility index (Phi) is 31.1. The van der Waals surface area contributed by atoms with Crippen LogP contribution in [0.15, 0.2) is 24.3 Å². The Morgan fingerprint density at radius 2 is 1.06 bits per heavy atom. The molecule has 2 N–H and O–H groups in total. The fourth-order valence-corrected chi connectivity index (χ4v) is 6.45. The van der Waals surface area contributed by atoms with Gasteiger partial charge in [-0.1, -0.05) is 136 Å². The van der Waals surface area contributed by atoms with E-state index in [1.807, 2.05) is 0 Å². The van der Waals surface area contributed by atoms with Gasteiger partial charge in [-0.15, -0.1) is 0 Å². The van der Waals surface area contributed by atoms with Crippen LogP contribution in [0.2, 0.25) is 0 Å². The molecule has 54 heavy (non-hydrogen) atoms. The highest BCUT2D eigenvalue weighted by Crippen LogP contribution is 2.30. The predicted molar refractivity (Wildman–Crippen MR) is 212 cm³/mol. The van der Waals surface area contributed by atoms with Gasteiger partial charge in [-0.05, 0) is 62.8 Å². The van der Waals surface area contributed by atoms with E-state index in [0.717, 1.165) is 57.8 Å². The largest absolute Gasteiger partial charge is 0.756 e. The average Bonchev–Trinajstić information content (AvgIpc) is 3.15. The quantitative estimate of drug-likeness (QED) is 0.0378. The van der Waals surface area contributed by atoms with E-state index in [1.165, 1.54) is 89.9 Å². The van der Waals surface area contributed by atoms with Crippen LogP contribution < -0.4 is 14.9 Å². The molecular formula is C42H73NO10P-. The SMILES string of the molecule is CCCCCCCCCCCCOC(=O)CCC(NC(=O)c1ccc(OCCCCCCOP(=O)([O-])O)cc1)C(=O)OCCCCCCCCCCCC. The highest BCUT2D eigenvalue weighted by Gasteiger charge is 2.24. The molecule has 0 radical (unpaired) electrons. The van der Waals surface area contributed by atoms with E-state index in [4.69, 9.17) is 19.1 Å². The summed E-state index contributed by atoms with van der Waals surface area (Å²) in [5.74, 6) is -0.804. The lowest BCUT2D eigenvalue weighted by Gasteiger charge is -2.18. The maximum Gasteiger partial charge on any atom is 0.328 e. The first-order valence-electron chi connectivity index (χ1n) is 21.2. The molecule has 0 fully saturated rings. The van der Waals surface area contributed by atoms with Gasteiger partial charge in [-0.3, -0.25) is 14.2 Å². The molecule has 12 heteroatoms. The lowest BCUT2D eigenvalue weighted by molar-refractivity contribution is -0.219. The minimum absolute atomic E-state index is 0.00323. The van der Waals surface area contributed by atoms with Gasteiger partial charge in [0, 0.05) is 12.0 Å². The number of hydrogen-bond acceptors (Lipinski definition) is 9. The fraction of sp³-hybridized carbons (Fsp3) is 0.786. The number of unbranched alkanes of at least 4 members (excludes halogenated alkanes) is 21. The molecule has 11 nitrogen and oxygen atoms in total. The lowest BCUT2D eigenvalue weighted by atomic mass is 10.1. The van der Waals surface area contributed by atoms with Crippen molar-refractivity contribution in [3.05, 3.63) is 29.8 Å². The summed E-state index contributed by atoms with van der Waals surface area (Å²) in [6.07, 6.45) is 26.5. The molecule has 1 rings (SSSR count). The van der Waals surface area contributed by atoms with Crippen molar-refractivity contribution in [2.24, 2.45) is 0 Å². The topological polar surface area (TPSA) is 161 Å². The maximum atomic E-state index is 13.2. The Hall–Kier alpha value is -2.46. The van der Waals surface area contributed by atoms with E-state index in [1.54, 1.807) is 24.3 Å². The molecule has 0 aliphatic heterocycles. The molecular weight excluding hydrogens is 709 g/mol. The van der Waals surface area contributed by atoms with Crippen molar-refractivity contribution in [1.29, 1.82) is 0 Å². The van der Waals surface area contributed by atoms with Gasteiger partial charge in [0.25, 0.3) is 13.7 Å². The molecule has 0 spiro atoms.